The van der Waals surface area contributed by atoms with Crippen molar-refractivity contribution in [3.05, 3.63) is 29.3 Å². The number of nitrogens with zero attached hydrogens (tertiary/aromatic N) is 1. The Balaban J connectivity index is 1.93. The molecular formula is C15H15NO6. The van der Waals surface area contributed by atoms with Crippen molar-refractivity contribution < 1.29 is 29.7 Å². The van der Waals surface area contributed by atoms with Gasteiger partial charge in [-0.15, -0.1) is 0 Å². The van der Waals surface area contributed by atoms with Gasteiger partial charge in [0.1, 0.15) is 16.6 Å². The Morgan fingerprint density at radius 2 is 1.64 bits per heavy atom. The molecule has 3 N–H and O–H groups in total. The highest BCUT2D eigenvalue weighted by molar-refractivity contribution is 6.00. The Bertz CT molecular complexity index is 686. The predicted molar refractivity (Wildman–Crippen MR) is 73.5 cm³/mol. The topological polar surface area (TPSA) is 115 Å². The van der Waals surface area contributed by atoms with Crippen LogP contribution in [0.5, 0.6) is 5.75 Å². The summed E-state index contributed by atoms with van der Waals surface area (Å²) in [5.74, 6) is -2.85. The first-order chi connectivity index (χ1) is 10.2. The van der Waals surface area contributed by atoms with Crippen LogP contribution in [-0.2, 0) is 9.59 Å². The summed E-state index contributed by atoms with van der Waals surface area (Å²) in [7, 11) is 0. The monoisotopic (exact) mass is 305 g/mol. The largest absolute Gasteiger partial charge is 0.508 e. The van der Waals surface area contributed by atoms with E-state index in [9.17, 15) is 29.7 Å². The Labute approximate surface area is 125 Å². The Morgan fingerprint density at radius 3 is 2.14 bits per heavy atom. The van der Waals surface area contributed by atoms with E-state index in [0.29, 0.717) is 5.56 Å². The number of phenolic OH excluding ortho intramolecular Hbond substituents is 1. The molecule has 1 aromatic rings. The molecule has 0 radical (unpaired) electrons. The first-order valence-electron chi connectivity index (χ1n) is 6.80. The summed E-state index contributed by atoms with van der Waals surface area (Å²) in [5.41, 5.74) is -2.14. The second-order valence-electron chi connectivity index (χ2n) is 6.06. The van der Waals surface area contributed by atoms with Crippen molar-refractivity contribution in [2.75, 3.05) is 13.1 Å². The maximum Gasteiger partial charge on any atom is 0.312 e. The number of hydrogen-bond donors (Lipinski definition) is 3. The summed E-state index contributed by atoms with van der Waals surface area (Å²) < 4.78 is 0. The number of aliphatic carboxylic acids is 2. The van der Waals surface area contributed by atoms with Crippen LogP contribution in [0, 0.1) is 17.8 Å². The fraction of sp³-hybridized carbons (Fsp3) is 0.400. The third-order valence-corrected chi connectivity index (χ3v) is 4.96. The summed E-state index contributed by atoms with van der Waals surface area (Å²) in [6.45, 7) is 1.34. The second kappa shape index (κ2) is 4.22. The first-order valence-corrected chi connectivity index (χ1v) is 6.80. The van der Waals surface area contributed by atoms with Gasteiger partial charge in [-0.3, -0.25) is 14.4 Å². The molecule has 7 nitrogen and oxygen atoms in total. The van der Waals surface area contributed by atoms with E-state index in [1.165, 1.54) is 23.1 Å². The SMILES string of the molecule is Cc1c(O)cccc1C(=O)N1C[C@@]2(C(=O)O)C[C@@]2(C(=O)O)C1. The number of amides is 1. The van der Waals surface area contributed by atoms with Crippen LogP contribution < -0.4 is 0 Å². The molecular weight excluding hydrogens is 290 g/mol. The number of aromatic hydroxyl groups is 1. The molecule has 1 heterocycles. The van der Waals surface area contributed by atoms with Gasteiger partial charge in [-0.2, -0.15) is 0 Å². The molecule has 1 aliphatic heterocycles. The molecule has 1 amide bonds. The standard InChI is InChI=1S/C15H15NO6/c1-8-9(3-2-4-10(8)17)11(18)16-6-14(12(19)20)5-15(14,7-16)13(21)22/h2-4,17H,5-7H2,1H3,(H,19,20)(H,21,22)/t14-,15+. The number of likely N-dealkylation sites (tertiary alicyclic amines) is 1. The van der Waals surface area contributed by atoms with Gasteiger partial charge < -0.3 is 20.2 Å². The molecule has 0 spiro atoms. The molecule has 7 heteroatoms. The van der Waals surface area contributed by atoms with Gasteiger partial charge in [-0.05, 0) is 25.5 Å². The quantitative estimate of drug-likeness (QED) is 0.757. The van der Waals surface area contributed by atoms with Gasteiger partial charge in [0.05, 0.1) is 0 Å². The molecule has 2 fully saturated rings. The summed E-state index contributed by atoms with van der Waals surface area (Å²) in [4.78, 5) is 36.7. The van der Waals surface area contributed by atoms with E-state index in [4.69, 9.17) is 0 Å². The fourth-order valence-corrected chi connectivity index (χ4v) is 3.46. The third kappa shape index (κ3) is 1.59. The van der Waals surface area contributed by atoms with Crippen molar-refractivity contribution in [2.24, 2.45) is 10.8 Å². The van der Waals surface area contributed by atoms with Crippen molar-refractivity contribution in [1.82, 2.24) is 4.90 Å². The third-order valence-electron chi connectivity index (χ3n) is 4.96. The maximum atomic E-state index is 12.5. The van der Waals surface area contributed by atoms with Crippen LogP contribution in [0.4, 0.5) is 0 Å². The smallest absolute Gasteiger partial charge is 0.312 e. The van der Waals surface area contributed by atoms with Crippen LogP contribution in [-0.4, -0.2) is 51.2 Å². The number of hydrogen-bond acceptors (Lipinski definition) is 4. The molecule has 2 atom stereocenters. The van der Waals surface area contributed by atoms with E-state index in [0.717, 1.165) is 0 Å². The van der Waals surface area contributed by atoms with Gasteiger partial charge in [0, 0.05) is 24.2 Å². The minimum absolute atomic E-state index is 0.0314. The lowest BCUT2D eigenvalue weighted by atomic mass is 9.97. The van der Waals surface area contributed by atoms with E-state index in [2.05, 4.69) is 0 Å². The number of rotatable bonds is 3. The van der Waals surface area contributed by atoms with E-state index in [1.54, 1.807) is 6.92 Å². The highest BCUT2D eigenvalue weighted by Crippen LogP contribution is 2.68. The van der Waals surface area contributed by atoms with Crippen molar-refractivity contribution in [3.8, 4) is 5.75 Å². The van der Waals surface area contributed by atoms with Gasteiger partial charge >= 0.3 is 11.9 Å². The summed E-state index contributed by atoms with van der Waals surface area (Å²) >= 11 is 0. The average Bonchev–Trinajstić information content (AvgIpc) is 3.00. The fourth-order valence-electron chi connectivity index (χ4n) is 3.46. The van der Waals surface area contributed by atoms with E-state index in [-0.39, 0.29) is 30.8 Å². The summed E-state index contributed by atoms with van der Waals surface area (Å²) in [5, 5.41) is 28.4. The predicted octanol–water partition coefficient (Wildman–Crippen LogP) is 0.702. The lowest BCUT2D eigenvalue weighted by Gasteiger charge is -2.21. The lowest BCUT2D eigenvalue weighted by molar-refractivity contribution is -0.151. The Kier molecular flexibility index (Phi) is 2.76. The minimum Gasteiger partial charge on any atom is -0.508 e. The van der Waals surface area contributed by atoms with Crippen molar-refractivity contribution >= 4 is 17.8 Å². The number of phenols is 1. The number of carbonyl (C=O) groups excluding carboxylic acids is 1. The molecule has 1 saturated carbocycles. The Morgan fingerprint density at radius 1 is 1.09 bits per heavy atom. The van der Waals surface area contributed by atoms with Crippen molar-refractivity contribution in [2.45, 2.75) is 13.3 Å². The molecule has 2 aliphatic rings. The number of piperidine rings is 1. The molecule has 0 bridgehead atoms. The van der Waals surface area contributed by atoms with Gasteiger partial charge in [0.2, 0.25) is 0 Å². The molecule has 3 rings (SSSR count). The van der Waals surface area contributed by atoms with Gasteiger partial charge in [0.25, 0.3) is 5.91 Å². The van der Waals surface area contributed by atoms with E-state index in [1.807, 2.05) is 0 Å². The van der Waals surface area contributed by atoms with Crippen LogP contribution in [0.2, 0.25) is 0 Å². The summed E-state index contributed by atoms with van der Waals surface area (Å²) in [6.07, 6.45) is 0.0491. The number of carbonyl (C=O) groups is 3. The normalized spacial score (nSPS) is 29.0. The molecule has 22 heavy (non-hydrogen) atoms. The molecule has 1 aliphatic carbocycles. The first kappa shape index (κ1) is 14.4. The van der Waals surface area contributed by atoms with Gasteiger partial charge in [-0.1, -0.05) is 6.07 Å². The van der Waals surface area contributed by atoms with E-state index >= 15 is 0 Å². The summed E-state index contributed by atoms with van der Waals surface area (Å²) in [6, 6.07) is 4.50. The average molecular weight is 305 g/mol. The molecule has 1 aromatic carbocycles. The van der Waals surface area contributed by atoms with Gasteiger partial charge in [0.15, 0.2) is 0 Å². The minimum atomic E-state index is -1.39. The maximum absolute atomic E-state index is 12.5. The zero-order valence-electron chi connectivity index (χ0n) is 11.9. The van der Waals surface area contributed by atoms with Crippen molar-refractivity contribution in [1.29, 1.82) is 0 Å². The highest BCUT2D eigenvalue weighted by atomic mass is 16.4. The zero-order valence-corrected chi connectivity index (χ0v) is 11.9. The molecule has 116 valence electrons. The van der Waals surface area contributed by atoms with Gasteiger partial charge in [-0.25, -0.2) is 0 Å². The number of fused-ring (bicyclic) bond motifs is 1. The van der Waals surface area contributed by atoms with Crippen LogP contribution in [0.15, 0.2) is 18.2 Å². The molecule has 0 aromatic heterocycles. The van der Waals surface area contributed by atoms with Crippen LogP contribution in [0.3, 0.4) is 0 Å². The second-order valence-corrected chi connectivity index (χ2v) is 6.06. The van der Waals surface area contributed by atoms with Crippen LogP contribution in [0.1, 0.15) is 22.3 Å². The zero-order chi connectivity index (χ0) is 16.3. The van der Waals surface area contributed by atoms with Crippen molar-refractivity contribution in [3.63, 3.8) is 0 Å². The molecule has 0 unspecified atom stereocenters. The molecule has 1 saturated heterocycles. The van der Waals surface area contributed by atoms with E-state index < -0.39 is 28.7 Å². The number of carboxylic acids is 2. The highest BCUT2D eigenvalue weighted by Gasteiger charge is 2.81. The lowest BCUT2D eigenvalue weighted by Crippen LogP contribution is -2.34. The Hall–Kier alpha value is -2.57. The van der Waals surface area contributed by atoms with Crippen LogP contribution in [0.25, 0.3) is 0 Å². The van der Waals surface area contributed by atoms with Crippen LogP contribution >= 0.6 is 0 Å². The number of carboxylic acid groups (broad SMARTS) is 2. The number of benzene rings is 1.